The minimum atomic E-state index is -4.33. The number of nitrogens with zero attached hydrogens (tertiary/aromatic N) is 2. The van der Waals surface area contributed by atoms with Crippen LogP contribution >= 0.6 is 0 Å². The third-order valence-corrected chi connectivity index (χ3v) is 5.42. The summed E-state index contributed by atoms with van der Waals surface area (Å²) in [6.45, 7) is 0. The number of benzene rings is 3. The fraction of sp³-hybridized carbons (Fsp3) is 0. The topological polar surface area (TPSA) is 113 Å². The van der Waals surface area contributed by atoms with Gasteiger partial charge in [0.2, 0.25) is 0 Å². The van der Waals surface area contributed by atoms with Crippen molar-refractivity contribution in [2.75, 3.05) is 10.7 Å². The number of hydrazone groups is 1. The Labute approximate surface area is 173 Å². The van der Waals surface area contributed by atoms with Crippen LogP contribution in [0.15, 0.2) is 94.4 Å². The van der Waals surface area contributed by atoms with E-state index in [-0.39, 0.29) is 10.8 Å². The van der Waals surface area contributed by atoms with Crippen LogP contribution in [0.2, 0.25) is 0 Å². The number of hydrogen-bond donors (Lipinski definition) is 2. The van der Waals surface area contributed by atoms with Crippen molar-refractivity contribution in [3.63, 3.8) is 0 Å². The van der Waals surface area contributed by atoms with E-state index < -0.39 is 10.1 Å². The van der Waals surface area contributed by atoms with Gasteiger partial charge in [-0.2, -0.15) is 18.5 Å². The fourth-order valence-corrected chi connectivity index (χ4v) is 3.53. The van der Waals surface area contributed by atoms with Crippen LogP contribution in [0.3, 0.4) is 0 Å². The van der Waals surface area contributed by atoms with Gasteiger partial charge in [0, 0.05) is 11.3 Å². The zero-order valence-electron chi connectivity index (χ0n) is 15.6. The second-order valence-electron chi connectivity index (χ2n) is 6.63. The molecule has 1 amide bonds. The second-order valence-corrected chi connectivity index (χ2v) is 8.05. The van der Waals surface area contributed by atoms with E-state index in [0.717, 1.165) is 11.1 Å². The molecular formula is C22H17N3O4S. The van der Waals surface area contributed by atoms with Crippen LogP contribution in [-0.2, 0) is 14.9 Å². The van der Waals surface area contributed by atoms with Gasteiger partial charge in [-0.15, -0.1) is 0 Å². The minimum Gasteiger partial charge on any atom is -0.399 e. The molecule has 150 valence electrons. The molecule has 3 N–H and O–H groups in total. The van der Waals surface area contributed by atoms with E-state index in [2.05, 4.69) is 5.10 Å². The molecule has 0 unspecified atom stereocenters. The Morgan fingerprint density at radius 1 is 0.900 bits per heavy atom. The summed E-state index contributed by atoms with van der Waals surface area (Å²) < 4.78 is 31.7. The van der Waals surface area contributed by atoms with Gasteiger partial charge in [-0.1, -0.05) is 42.5 Å². The van der Waals surface area contributed by atoms with Crippen LogP contribution < -0.4 is 10.7 Å². The van der Waals surface area contributed by atoms with Crippen molar-refractivity contribution in [3.8, 4) is 0 Å². The SMILES string of the molecule is Nc1ccc(C=C2C(=O)N(c3ccc(S(=O)(=O)O)cc3)N=C2c2ccccc2)cc1. The van der Waals surface area contributed by atoms with E-state index in [1.54, 1.807) is 18.2 Å². The normalized spacial score (nSPS) is 15.5. The summed E-state index contributed by atoms with van der Waals surface area (Å²) in [7, 11) is -4.33. The quantitative estimate of drug-likeness (QED) is 0.382. The largest absolute Gasteiger partial charge is 0.399 e. The van der Waals surface area contributed by atoms with Crippen LogP contribution in [0.4, 0.5) is 11.4 Å². The Bertz CT molecular complexity index is 1260. The van der Waals surface area contributed by atoms with Gasteiger partial charge < -0.3 is 5.73 Å². The molecule has 8 heteroatoms. The minimum absolute atomic E-state index is 0.261. The summed E-state index contributed by atoms with van der Waals surface area (Å²) >= 11 is 0. The molecule has 1 aliphatic rings. The average molecular weight is 419 g/mol. The van der Waals surface area contributed by atoms with E-state index >= 15 is 0 Å². The lowest BCUT2D eigenvalue weighted by Crippen LogP contribution is -2.21. The first-order valence-electron chi connectivity index (χ1n) is 8.96. The predicted molar refractivity (Wildman–Crippen MR) is 116 cm³/mol. The molecule has 0 aliphatic carbocycles. The molecule has 3 aromatic carbocycles. The molecule has 0 radical (unpaired) electrons. The van der Waals surface area contributed by atoms with Gasteiger partial charge in [-0.25, -0.2) is 0 Å². The number of nitrogens with two attached hydrogens (primary N) is 1. The van der Waals surface area contributed by atoms with Gasteiger partial charge in [0.1, 0.15) is 5.71 Å². The van der Waals surface area contributed by atoms with E-state index in [9.17, 15) is 13.2 Å². The number of rotatable bonds is 4. The standard InChI is InChI=1S/C22H17N3O4S/c23-17-8-6-15(7-9-17)14-20-21(16-4-2-1-3-5-16)24-25(22(20)26)18-10-12-19(13-11-18)30(27,28)29/h1-14H,23H2,(H,27,28,29). The molecule has 7 nitrogen and oxygen atoms in total. The average Bonchev–Trinajstić information content (AvgIpc) is 3.06. The van der Waals surface area contributed by atoms with Crippen LogP contribution in [0.5, 0.6) is 0 Å². The third-order valence-electron chi connectivity index (χ3n) is 4.55. The first-order chi connectivity index (χ1) is 14.3. The zero-order valence-corrected chi connectivity index (χ0v) is 16.5. The molecule has 0 saturated heterocycles. The molecule has 1 heterocycles. The molecular weight excluding hydrogens is 402 g/mol. The Morgan fingerprint density at radius 3 is 2.13 bits per heavy atom. The molecule has 30 heavy (non-hydrogen) atoms. The smallest absolute Gasteiger partial charge is 0.294 e. The first-order valence-corrected chi connectivity index (χ1v) is 10.4. The summed E-state index contributed by atoms with van der Waals surface area (Å²) in [5, 5.41) is 5.70. The van der Waals surface area contributed by atoms with Crippen molar-refractivity contribution in [1.29, 1.82) is 0 Å². The van der Waals surface area contributed by atoms with E-state index in [1.165, 1.54) is 29.3 Å². The van der Waals surface area contributed by atoms with Crippen LogP contribution in [0.25, 0.3) is 6.08 Å². The fourth-order valence-electron chi connectivity index (χ4n) is 3.05. The Hall–Kier alpha value is -3.75. The molecule has 0 fully saturated rings. The van der Waals surface area contributed by atoms with Crippen molar-refractivity contribution < 1.29 is 17.8 Å². The molecule has 0 atom stereocenters. The van der Waals surface area contributed by atoms with Crippen molar-refractivity contribution in [2.45, 2.75) is 4.90 Å². The van der Waals surface area contributed by atoms with E-state index in [1.807, 2.05) is 42.5 Å². The van der Waals surface area contributed by atoms with Crippen molar-refractivity contribution >= 4 is 39.2 Å². The summed E-state index contributed by atoms with van der Waals surface area (Å²) in [5.74, 6) is -0.356. The van der Waals surface area contributed by atoms with Crippen LogP contribution in [0, 0.1) is 0 Å². The van der Waals surface area contributed by atoms with Crippen LogP contribution in [-0.4, -0.2) is 24.6 Å². The Kier molecular flexibility index (Phi) is 4.94. The maximum absolute atomic E-state index is 13.2. The van der Waals surface area contributed by atoms with Crippen molar-refractivity contribution in [3.05, 3.63) is 95.6 Å². The van der Waals surface area contributed by atoms with Crippen molar-refractivity contribution in [1.82, 2.24) is 0 Å². The Balaban J connectivity index is 1.79. The van der Waals surface area contributed by atoms with Gasteiger partial charge in [0.15, 0.2) is 0 Å². The summed E-state index contributed by atoms with van der Waals surface area (Å²) in [6, 6.07) is 21.7. The molecule has 4 rings (SSSR count). The molecule has 0 spiro atoms. The lowest BCUT2D eigenvalue weighted by atomic mass is 10.00. The molecule has 0 bridgehead atoms. The number of anilines is 2. The number of carbonyl (C=O) groups is 1. The van der Waals surface area contributed by atoms with Gasteiger partial charge >= 0.3 is 0 Å². The Morgan fingerprint density at radius 2 is 1.53 bits per heavy atom. The lowest BCUT2D eigenvalue weighted by Gasteiger charge is -2.11. The van der Waals surface area contributed by atoms with Gasteiger partial charge in [-0.3, -0.25) is 9.35 Å². The predicted octanol–water partition coefficient (Wildman–Crippen LogP) is 3.35. The summed E-state index contributed by atoms with van der Waals surface area (Å²) in [5.41, 5.74) is 9.18. The number of carbonyl (C=O) groups excluding carboxylic acids is 1. The first kappa shape index (κ1) is 19.6. The zero-order chi connectivity index (χ0) is 21.3. The molecule has 3 aromatic rings. The van der Waals surface area contributed by atoms with Gasteiger partial charge in [0.25, 0.3) is 16.0 Å². The highest BCUT2D eigenvalue weighted by Gasteiger charge is 2.32. The molecule has 0 saturated carbocycles. The monoisotopic (exact) mass is 419 g/mol. The van der Waals surface area contributed by atoms with Gasteiger partial charge in [-0.05, 0) is 48.0 Å². The number of hydrogen-bond acceptors (Lipinski definition) is 5. The number of amides is 1. The third kappa shape index (κ3) is 3.86. The van der Waals surface area contributed by atoms with Crippen molar-refractivity contribution in [2.24, 2.45) is 5.10 Å². The highest BCUT2D eigenvalue weighted by Crippen LogP contribution is 2.28. The molecule has 1 aliphatic heterocycles. The van der Waals surface area contributed by atoms with Gasteiger partial charge in [0.05, 0.1) is 16.2 Å². The van der Waals surface area contributed by atoms with E-state index in [4.69, 9.17) is 10.3 Å². The van der Waals surface area contributed by atoms with Crippen LogP contribution in [0.1, 0.15) is 11.1 Å². The second kappa shape index (κ2) is 7.58. The summed E-state index contributed by atoms with van der Waals surface area (Å²) in [6.07, 6.45) is 1.74. The highest BCUT2D eigenvalue weighted by molar-refractivity contribution is 7.85. The highest BCUT2D eigenvalue weighted by atomic mass is 32.2. The summed E-state index contributed by atoms with van der Waals surface area (Å²) in [4.78, 5) is 12.9. The maximum Gasteiger partial charge on any atom is 0.294 e. The maximum atomic E-state index is 13.2. The molecule has 0 aromatic heterocycles. The van der Waals surface area contributed by atoms with E-state index in [0.29, 0.717) is 22.7 Å². The number of nitrogen functional groups attached to an aromatic ring is 1. The lowest BCUT2D eigenvalue weighted by molar-refractivity contribution is -0.114.